The molecule has 1 saturated carbocycles. The highest BCUT2D eigenvalue weighted by atomic mass is 35.5. The molecule has 0 bridgehead atoms. The smallest absolute Gasteiger partial charge is 0.356 e. The van der Waals surface area contributed by atoms with Crippen LogP contribution in [0.1, 0.15) is 48.2 Å². The molecule has 1 aliphatic rings. The molecule has 0 aliphatic heterocycles. The molecule has 1 aromatic carbocycles. The van der Waals surface area contributed by atoms with Crippen LogP contribution in [0.4, 0.5) is 0 Å². The number of hydrogen-bond donors (Lipinski definition) is 2. The van der Waals surface area contributed by atoms with Crippen molar-refractivity contribution in [1.29, 1.82) is 0 Å². The second-order valence-corrected chi connectivity index (χ2v) is 7.60. The number of carbonyl (C=O) groups excluding carboxylic acids is 1. The molecule has 1 heterocycles. The largest absolute Gasteiger partial charge is 0.476 e. The molecule has 0 radical (unpaired) electrons. The highest BCUT2D eigenvalue weighted by Gasteiger charge is 2.20. The van der Waals surface area contributed by atoms with Crippen LogP contribution in [0.25, 0.3) is 0 Å². The van der Waals surface area contributed by atoms with Crippen LogP contribution in [-0.4, -0.2) is 32.8 Å². The molecule has 0 atom stereocenters. The molecule has 7 nitrogen and oxygen atoms in total. The molecule has 2 N–H and O–H groups in total. The first-order chi connectivity index (χ1) is 13.4. The fraction of sp³-hybridized carbons (Fsp3) is 0.421. The highest BCUT2D eigenvalue weighted by molar-refractivity contribution is 6.33. The number of aromatic nitrogens is 2. The van der Waals surface area contributed by atoms with Crippen LogP contribution in [0.3, 0.4) is 0 Å². The maximum absolute atomic E-state index is 12.4. The van der Waals surface area contributed by atoms with Crippen LogP contribution in [0.15, 0.2) is 24.3 Å². The van der Waals surface area contributed by atoms with Crippen molar-refractivity contribution in [1.82, 2.24) is 15.1 Å². The molecule has 0 saturated heterocycles. The first-order valence-electron chi connectivity index (χ1n) is 9.09. The Kier molecular flexibility index (Phi) is 6.80. The van der Waals surface area contributed by atoms with Gasteiger partial charge in [0.05, 0.1) is 0 Å². The number of nitrogens with zero attached hydrogens (tertiary/aromatic N) is 2. The summed E-state index contributed by atoms with van der Waals surface area (Å²) in [6, 6.07) is 6.42. The molecule has 1 aromatic heterocycles. The summed E-state index contributed by atoms with van der Waals surface area (Å²) >= 11 is 12.1. The molecule has 0 spiro atoms. The summed E-state index contributed by atoms with van der Waals surface area (Å²) in [6.45, 7) is -0.0587. The molecule has 3 rings (SSSR count). The highest BCUT2D eigenvalue weighted by Crippen LogP contribution is 2.23. The van der Waals surface area contributed by atoms with Gasteiger partial charge in [-0.3, -0.25) is 4.79 Å². The number of amides is 1. The average molecular weight is 426 g/mol. The fourth-order valence-electron chi connectivity index (χ4n) is 3.20. The Morgan fingerprint density at radius 2 is 1.96 bits per heavy atom. The molecular weight excluding hydrogens is 405 g/mol. The van der Waals surface area contributed by atoms with Gasteiger partial charge < -0.3 is 15.2 Å². The lowest BCUT2D eigenvalue weighted by Crippen LogP contribution is -2.38. The lowest BCUT2D eigenvalue weighted by atomic mass is 9.95. The zero-order valence-corrected chi connectivity index (χ0v) is 16.7. The van der Waals surface area contributed by atoms with Gasteiger partial charge in [-0.2, -0.15) is 5.10 Å². The van der Waals surface area contributed by atoms with Crippen LogP contribution < -0.4 is 10.1 Å². The van der Waals surface area contributed by atoms with Crippen molar-refractivity contribution in [2.45, 2.75) is 51.3 Å². The molecule has 150 valence electrons. The third kappa shape index (κ3) is 5.39. The number of rotatable bonds is 7. The van der Waals surface area contributed by atoms with Gasteiger partial charge in [0.15, 0.2) is 5.69 Å². The van der Waals surface area contributed by atoms with Crippen LogP contribution in [0.5, 0.6) is 5.88 Å². The van der Waals surface area contributed by atoms with Gasteiger partial charge in [-0.05, 0) is 31.0 Å². The number of carboxylic acid groups (broad SMARTS) is 1. The normalized spacial score (nSPS) is 14.6. The van der Waals surface area contributed by atoms with Crippen LogP contribution in [0.2, 0.25) is 10.0 Å². The molecule has 2 aromatic rings. The topological polar surface area (TPSA) is 93.5 Å². The Labute approximate surface area is 172 Å². The minimum absolute atomic E-state index is 0.0639. The van der Waals surface area contributed by atoms with Crippen molar-refractivity contribution >= 4 is 35.1 Å². The van der Waals surface area contributed by atoms with E-state index in [-0.39, 0.29) is 36.7 Å². The van der Waals surface area contributed by atoms with Crippen molar-refractivity contribution in [2.24, 2.45) is 0 Å². The van der Waals surface area contributed by atoms with E-state index in [4.69, 9.17) is 27.9 Å². The van der Waals surface area contributed by atoms with E-state index in [1.807, 2.05) is 0 Å². The Morgan fingerprint density at radius 1 is 1.21 bits per heavy atom. The van der Waals surface area contributed by atoms with Crippen molar-refractivity contribution in [2.75, 3.05) is 0 Å². The first-order valence-corrected chi connectivity index (χ1v) is 9.85. The molecule has 28 heavy (non-hydrogen) atoms. The van der Waals surface area contributed by atoms with E-state index in [2.05, 4.69) is 10.4 Å². The minimum Gasteiger partial charge on any atom is -0.476 e. The quantitative estimate of drug-likeness (QED) is 0.700. The van der Waals surface area contributed by atoms with E-state index in [1.54, 1.807) is 18.2 Å². The molecular formula is C19H21Cl2N3O4. The number of carboxylic acids is 1. The van der Waals surface area contributed by atoms with Gasteiger partial charge in [0, 0.05) is 27.7 Å². The molecule has 0 unspecified atom stereocenters. The van der Waals surface area contributed by atoms with Gasteiger partial charge in [0.25, 0.3) is 0 Å². The van der Waals surface area contributed by atoms with Gasteiger partial charge in [-0.15, -0.1) is 0 Å². The number of carbonyl (C=O) groups is 2. The summed E-state index contributed by atoms with van der Waals surface area (Å²) in [7, 11) is 0. The standard InChI is InChI=1S/C19H21Cl2N3O4/c20-13-6-7-15(21)12(8-13)11-28-18-9-16(19(26)27)23-24(18)10-17(25)22-14-4-2-1-3-5-14/h6-9,14H,1-5,10-11H2,(H,22,25)(H,26,27). The Hall–Kier alpha value is -2.25. The lowest BCUT2D eigenvalue weighted by molar-refractivity contribution is -0.122. The third-order valence-electron chi connectivity index (χ3n) is 4.61. The lowest BCUT2D eigenvalue weighted by Gasteiger charge is -2.22. The molecule has 1 amide bonds. The first kappa shape index (κ1) is 20.5. The third-order valence-corrected chi connectivity index (χ3v) is 5.21. The zero-order valence-electron chi connectivity index (χ0n) is 15.2. The Morgan fingerprint density at radius 3 is 2.68 bits per heavy atom. The van der Waals surface area contributed by atoms with E-state index in [9.17, 15) is 14.7 Å². The van der Waals surface area contributed by atoms with Gasteiger partial charge >= 0.3 is 5.97 Å². The van der Waals surface area contributed by atoms with E-state index in [0.717, 1.165) is 25.7 Å². The van der Waals surface area contributed by atoms with Crippen LogP contribution in [0, 0.1) is 0 Å². The monoisotopic (exact) mass is 425 g/mol. The van der Waals surface area contributed by atoms with Gasteiger partial charge in [-0.1, -0.05) is 42.5 Å². The summed E-state index contributed by atoms with van der Waals surface area (Å²) in [6.07, 6.45) is 5.32. The second-order valence-electron chi connectivity index (χ2n) is 6.76. The fourth-order valence-corrected chi connectivity index (χ4v) is 3.56. The van der Waals surface area contributed by atoms with E-state index in [1.165, 1.54) is 17.2 Å². The van der Waals surface area contributed by atoms with Gasteiger partial charge in [0.1, 0.15) is 13.2 Å². The van der Waals surface area contributed by atoms with Crippen LogP contribution >= 0.6 is 23.2 Å². The van der Waals surface area contributed by atoms with Crippen molar-refractivity contribution < 1.29 is 19.4 Å². The number of halogens is 2. The van der Waals surface area contributed by atoms with Crippen molar-refractivity contribution in [3.8, 4) is 5.88 Å². The maximum atomic E-state index is 12.4. The number of aromatic carboxylic acids is 1. The predicted molar refractivity (Wildman–Crippen MR) is 105 cm³/mol. The van der Waals surface area contributed by atoms with E-state index < -0.39 is 5.97 Å². The summed E-state index contributed by atoms with van der Waals surface area (Å²) in [5.41, 5.74) is 0.447. The summed E-state index contributed by atoms with van der Waals surface area (Å²) < 4.78 is 6.94. The molecule has 1 aliphatic carbocycles. The van der Waals surface area contributed by atoms with E-state index in [0.29, 0.717) is 15.6 Å². The average Bonchev–Trinajstić information content (AvgIpc) is 3.06. The number of benzene rings is 1. The summed E-state index contributed by atoms with van der Waals surface area (Å²) in [5, 5.41) is 17.1. The Bertz CT molecular complexity index is 863. The van der Waals surface area contributed by atoms with Crippen molar-refractivity contribution in [3.05, 3.63) is 45.6 Å². The van der Waals surface area contributed by atoms with Gasteiger partial charge in [-0.25, -0.2) is 9.48 Å². The molecule has 9 heteroatoms. The summed E-state index contributed by atoms with van der Waals surface area (Å²) in [4.78, 5) is 23.6. The zero-order chi connectivity index (χ0) is 20.1. The predicted octanol–water partition coefficient (Wildman–Crippen LogP) is 3.92. The SMILES string of the molecule is O=C(Cn1nc(C(=O)O)cc1OCc1cc(Cl)ccc1Cl)NC1CCCCC1. The second kappa shape index (κ2) is 9.30. The Balaban J connectivity index is 1.70. The van der Waals surface area contributed by atoms with Crippen molar-refractivity contribution in [3.63, 3.8) is 0 Å². The van der Waals surface area contributed by atoms with E-state index >= 15 is 0 Å². The van der Waals surface area contributed by atoms with Crippen LogP contribution in [-0.2, 0) is 17.9 Å². The number of nitrogens with one attached hydrogen (secondary N) is 1. The molecule has 1 fully saturated rings. The summed E-state index contributed by atoms with van der Waals surface area (Å²) in [5.74, 6) is -1.25. The minimum atomic E-state index is -1.20. The maximum Gasteiger partial charge on any atom is 0.356 e. The van der Waals surface area contributed by atoms with Gasteiger partial charge in [0.2, 0.25) is 11.8 Å². The number of hydrogen-bond acceptors (Lipinski definition) is 4. The number of ether oxygens (including phenoxy) is 1.